The molecule has 2 aromatic heterocycles. The SMILES string of the molecule is Cc1cc(C)n2nc(S[C@H](C)C(=O)NC3CCCCCCC3)nc2n1. The van der Waals surface area contributed by atoms with Crippen molar-refractivity contribution >= 4 is 23.4 Å². The Labute approximate surface area is 153 Å². The smallest absolute Gasteiger partial charge is 0.253 e. The third-order valence-electron chi connectivity index (χ3n) is 4.70. The Morgan fingerprint density at radius 1 is 1.20 bits per heavy atom. The van der Waals surface area contributed by atoms with Gasteiger partial charge >= 0.3 is 0 Å². The Balaban J connectivity index is 1.61. The molecule has 1 aliphatic carbocycles. The van der Waals surface area contributed by atoms with Crippen molar-refractivity contribution in [3.05, 3.63) is 17.5 Å². The normalized spacial score (nSPS) is 17.9. The van der Waals surface area contributed by atoms with Crippen LogP contribution in [0.4, 0.5) is 0 Å². The molecule has 1 aliphatic rings. The third-order valence-corrected chi connectivity index (χ3v) is 5.65. The lowest BCUT2D eigenvalue weighted by Crippen LogP contribution is -2.39. The number of fused-ring (bicyclic) bond motifs is 1. The number of hydrogen-bond donors (Lipinski definition) is 1. The Hall–Kier alpha value is -1.63. The van der Waals surface area contributed by atoms with Crippen molar-refractivity contribution in [2.75, 3.05) is 0 Å². The first-order valence-electron chi connectivity index (χ1n) is 9.21. The van der Waals surface area contributed by atoms with Crippen LogP contribution in [0, 0.1) is 13.8 Å². The molecule has 0 aliphatic heterocycles. The zero-order valence-corrected chi connectivity index (χ0v) is 16.1. The predicted octanol–water partition coefficient (Wildman–Crippen LogP) is 3.45. The van der Waals surface area contributed by atoms with E-state index in [4.69, 9.17) is 0 Å². The van der Waals surface area contributed by atoms with Crippen LogP contribution in [0.15, 0.2) is 11.2 Å². The number of thioether (sulfide) groups is 1. The Morgan fingerprint density at radius 3 is 2.60 bits per heavy atom. The van der Waals surface area contributed by atoms with E-state index in [1.165, 1.54) is 43.9 Å². The van der Waals surface area contributed by atoms with Crippen LogP contribution >= 0.6 is 11.8 Å². The highest BCUT2D eigenvalue weighted by Gasteiger charge is 2.21. The van der Waals surface area contributed by atoms with E-state index in [0.29, 0.717) is 17.0 Å². The molecule has 7 heteroatoms. The molecule has 0 bridgehead atoms. The fraction of sp³-hybridized carbons (Fsp3) is 0.667. The molecule has 136 valence electrons. The second-order valence-corrected chi connectivity index (χ2v) is 8.26. The highest BCUT2D eigenvalue weighted by molar-refractivity contribution is 8.00. The Kier molecular flexibility index (Phi) is 5.93. The van der Waals surface area contributed by atoms with E-state index in [9.17, 15) is 4.79 Å². The van der Waals surface area contributed by atoms with Gasteiger partial charge < -0.3 is 5.32 Å². The number of amides is 1. The first-order chi connectivity index (χ1) is 12.0. The summed E-state index contributed by atoms with van der Waals surface area (Å²) in [4.78, 5) is 21.4. The fourth-order valence-corrected chi connectivity index (χ4v) is 4.08. The maximum atomic E-state index is 12.5. The maximum absolute atomic E-state index is 12.5. The van der Waals surface area contributed by atoms with Crippen LogP contribution in [0.5, 0.6) is 0 Å². The topological polar surface area (TPSA) is 72.2 Å². The van der Waals surface area contributed by atoms with Gasteiger partial charge in [-0.3, -0.25) is 4.79 Å². The van der Waals surface area contributed by atoms with Gasteiger partial charge in [0.25, 0.3) is 5.78 Å². The molecule has 2 heterocycles. The molecule has 6 nitrogen and oxygen atoms in total. The zero-order chi connectivity index (χ0) is 17.8. The van der Waals surface area contributed by atoms with Gasteiger partial charge in [-0.05, 0) is 39.7 Å². The Morgan fingerprint density at radius 2 is 1.88 bits per heavy atom. The van der Waals surface area contributed by atoms with Crippen molar-refractivity contribution in [3.8, 4) is 0 Å². The Bertz CT molecular complexity index is 736. The summed E-state index contributed by atoms with van der Waals surface area (Å²) in [6.07, 6.45) is 8.52. The van der Waals surface area contributed by atoms with Crippen molar-refractivity contribution in [2.45, 2.75) is 82.2 Å². The number of carbonyl (C=O) groups is 1. The van der Waals surface area contributed by atoms with Crippen LogP contribution in [0.25, 0.3) is 5.78 Å². The first kappa shape index (κ1) is 18.2. The quantitative estimate of drug-likeness (QED) is 0.845. The molecule has 1 N–H and O–H groups in total. The van der Waals surface area contributed by atoms with Gasteiger partial charge in [-0.1, -0.05) is 43.9 Å². The highest BCUT2D eigenvalue weighted by atomic mass is 32.2. The summed E-state index contributed by atoms with van der Waals surface area (Å²) in [5.41, 5.74) is 1.91. The van der Waals surface area contributed by atoms with Crippen LogP contribution in [-0.4, -0.2) is 36.8 Å². The summed E-state index contributed by atoms with van der Waals surface area (Å²) in [5.74, 6) is 0.669. The maximum Gasteiger partial charge on any atom is 0.253 e. The average Bonchev–Trinajstić information content (AvgIpc) is 2.92. The van der Waals surface area contributed by atoms with E-state index in [1.54, 1.807) is 4.52 Å². The standard InChI is InChI=1S/C18H27N5OS/c1-12-11-13(2)23-17(19-12)21-18(22-23)25-14(3)16(24)20-15-9-7-5-4-6-8-10-15/h11,14-15H,4-10H2,1-3H3,(H,20,24)/t14-/m1/s1. The predicted molar refractivity (Wildman–Crippen MR) is 99.8 cm³/mol. The zero-order valence-electron chi connectivity index (χ0n) is 15.3. The molecule has 3 rings (SSSR count). The number of nitrogens with zero attached hydrogens (tertiary/aromatic N) is 4. The van der Waals surface area contributed by atoms with Crippen LogP contribution in [0.3, 0.4) is 0 Å². The number of aryl methyl sites for hydroxylation is 2. The summed E-state index contributed by atoms with van der Waals surface area (Å²) < 4.78 is 1.73. The lowest BCUT2D eigenvalue weighted by molar-refractivity contribution is -0.121. The molecule has 2 aromatic rings. The summed E-state index contributed by atoms with van der Waals surface area (Å²) in [5, 5.41) is 8.08. The molecular formula is C18H27N5OS. The molecule has 0 aromatic carbocycles. The van der Waals surface area contributed by atoms with Crippen molar-refractivity contribution in [1.82, 2.24) is 24.9 Å². The second-order valence-electron chi connectivity index (χ2n) is 6.96. The largest absolute Gasteiger partial charge is 0.352 e. The number of carbonyl (C=O) groups excluding carboxylic acids is 1. The summed E-state index contributed by atoms with van der Waals surface area (Å²) in [7, 11) is 0. The van der Waals surface area contributed by atoms with E-state index in [0.717, 1.165) is 24.2 Å². The van der Waals surface area contributed by atoms with Crippen molar-refractivity contribution < 1.29 is 4.79 Å². The minimum atomic E-state index is -0.218. The summed E-state index contributed by atoms with van der Waals surface area (Å²) in [6, 6.07) is 2.29. The third kappa shape index (κ3) is 4.71. The minimum absolute atomic E-state index is 0.0790. The molecule has 0 spiro atoms. The van der Waals surface area contributed by atoms with Crippen LogP contribution in [-0.2, 0) is 4.79 Å². The van der Waals surface area contributed by atoms with Gasteiger partial charge in [0.05, 0.1) is 5.25 Å². The van der Waals surface area contributed by atoms with Crippen LogP contribution in [0.1, 0.15) is 63.3 Å². The molecule has 1 saturated carbocycles. The molecule has 1 atom stereocenters. The van der Waals surface area contributed by atoms with E-state index < -0.39 is 0 Å². The van der Waals surface area contributed by atoms with E-state index in [1.807, 2.05) is 26.8 Å². The van der Waals surface area contributed by atoms with Crippen LogP contribution < -0.4 is 5.32 Å². The molecule has 25 heavy (non-hydrogen) atoms. The molecular weight excluding hydrogens is 334 g/mol. The van der Waals surface area contributed by atoms with Crippen LogP contribution in [0.2, 0.25) is 0 Å². The average molecular weight is 362 g/mol. The monoisotopic (exact) mass is 361 g/mol. The molecule has 0 radical (unpaired) electrons. The van der Waals surface area contributed by atoms with Gasteiger partial charge in [0.2, 0.25) is 11.1 Å². The molecule has 1 fully saturated rings. The molecule has 1 amide bonds. The summed E-state index contributed by atoms with van der Waals surface area (Å²) in [6.45, 7) is 5.84. The summed E-state index contributed by atoms with van der Waals surface area (Å²) >= 11 is 1.39. The number of nitrogens with one attached hydrogen (secondary N) is 1. The van der Waals surface area contributed by atoms with Gasteiger partial charge in [0.1, 0.15) is 0 Å². The lowest BCUT2D eigenvalue weighted by atomic mass is 9.97. The van der Waals surface area contributed by atoms with Crippen molar-refractivity contribution in [2.24, 2.45) is 0 Å². The van der Waals surface area contributed by atoms with Gasteiger partial charge in [-0.2, -0.15) is 4.98 Å². The number of rotatable bonds is 4. The fourth-order valence-electron chi connectivity index (χ4n) is 3.33. The van der Waals surface area contributed by atoms with Gasteiger partial charge in [-0.25, -0.2) is 9.50 Å². The van der Waals surface area contributed by atoms with E-state index in [2.05, 4.69) is 20.4 Å². The molecule has 0 unspecified atom stereocenters. The van der Waals surface area contributed by atoms with E-state index >= 15 is 0 Å². The number of hydrogen-bond acceptors (Lipinski definition) is 5. The number of aromatic nitrogens is 4. The van der Waals surface area contributed by atoms with Crippen molar-refractivity contribution in [1.29, 1.82) is 0 Å². The lowest BCUT2D eigenvalue weighted by Gasteiger charge is -2.22. The van der Waals surface area contributed by atoms with Crippen molar-refractivity contribution in [3.63, 3.8) is 0 Å². The first-order valence-corrected chi connectivity index (χ1v) is 10.1. The molecule has 0 saturated heterocycles. The van der Waals surface area contributed by atoms with E-state index in [-0.39, 0.29) is 11.2 Å². The van der Waals surface area contributed by atoms with Gasteiger partial charge in [0.15, 0.2) is 0 Å². The van der Waals surface area contributed by atoms with Gasteiger partial charge in [-0.15, -0.1) is 5.10 Å². The highest BCUT2D eigenvalue weighted by Crippen LogP contribution is 2.22. The second kappa shape index (κ2) is 8.17. The minimum Gasteiger partial charge on any atom is -0.352 e. The van der Waals surface area contributed by atoms with Gasteiger partial charge in [0, 0.05) is 17.4 Å².